The number of aliphatic hydroxyl groups excluding tert-OH is 1. The van der Waals surface area contributed by atoms with Crippen molar-refractivity contribution in [3.63, 3.8) is 0 Å². The number of methoxy groups -OCH3 is 1. The van der Waals surface area contributed by atoms with Gasteiger partial charge in [-0.25, -0.2) is 0 Å². The fourth-order valence-electron chi connectivity index (χ4n) is 3.87. The average molecular weight is 423 g/mol. The van der Waals surface area contributed by atoms with Crippen molar-refractivity contribution in [3.05, 3.63) is 71.3 Å². The normalized spacial score (nSPS) is 15.1. The summed E-state index contributed by atoms with van der Waals surface area (Å²) in [4.78, 5) is 27.5. The molecule has 0 spiro atoms. The standard InChI is InChI=1S/C25H30N2O4/c1-26(25(30)23-9-4-3-7-20(23)18-28)14-13-21(29)17-27-15-11-19(12-16-27)22-8-5-6-10-24(22)31-2/h3-11,18,21,29H,12-17H2,1-2H3. The maximum Gasteiger partial charge on any atom is 0.254 e. The fourth-order valence-corrected chi connectivity index (χ4v) is 3.87. The molecule has 0 fully saturated rings. The Kier molecular flexibility index (Phi) is 7.98. The minimum absolute atomic E-state index is 0.211. The van der Waals surface area contributed by atoms with Gasteiger partial charge in [-0.05, 0) is 30.5 Å². The lowest BCUT2D eigenvalue weighted by Crippen LogP contribution is -2.38. The van der Waals surface area contributed by atoms with E-state index in [1.807, 2.05) is 18.2 Å². The zero-order valence-electron chi connectivity index (χ0n) is 18.2. The third-order valence-electron chi connectivity index (χ3n) is 5.68. The number of aldehydes is 1. The van der Waals surface area contributed by atoms with Crippen LogP contribution in [-0.4, -0.2) is 73.5 Å². The van der Waals surface area contributed by atoms with Crippen molar-refractivity contribution in [2.75, 3.05) is 40.3 Å². The van der Waals surface area contributed by atoms with Crippen LogP contribution < -0.4 is 4.74 Å². The Balaban J connectivity index is 1.49. The smallest absolute Gasteiger partial charge is 0.254 e. The first kappa shape index (κ1) is 22.7. The monoisotopic (exact) mass is 422 g/mol. The Morgan fingerprint density at radius 2 is 1.97 bits per heavy atom. The van der Waals surface area contributed by atoms with Crippen LogP contribution in [0.5, 0.6) is 5.75 Å². The summed E-state index contributed by atoms with van der Waals surface area (Å²) in [5.41, 5.74) is 3.16. The maximum absolute atomic E-state index is 12.6. The molecule has 2 aromatic carbocycles. The summed E-state index contributed by atoms with van der Waals surface area (Å²) in [5, 5.41) is 10.5. The SMILES string of the molecule is COc1ccccc1C1=CCN(CC(O)CCN(C)C(=O)c2ccccc2C=O)CC1. The Morgan fingerprint density at radius 1 is 1.23 bits per heavy atom. The Morgan fingerprint density at radius 3 is 2.68 bits per heavy atom. The first-order valence-corrected chi connectivity index (χ1v) is 10.6. The maximum atomic E-state index is 12.6. The third-order valence-corrected chi connectivity index (χ3v) is 5.68. The molecule has 0 aliphatic carbocycles. The summed E-state index contributed by atoms with van der Waals surface area (Å²) >= 11 is 0. The fraction of sp³-hybridized carbons (Fsp3) is 0.360. The van der Waals surface area contributed by atoms with Crippen LogP contribution in [0.4, 0.5) is 0 Å². The van der Waals surface area contributed by atoms with Gasteiger partial charge in [0.05, 0.1) is 18.8 Å². The van der Waals surface area contributed by atoms with Gasteiger partial charge in [-0.3, -0.25) is 14.5 Å². The molecule has 0 saturated heterocycles. The van der Waals surface area contributed by atoms with E-state index in [0.717, 1.165) is 30.8 Å². The lowest BCUT2D eigenvalue weighted by atomic mass is 9.98. The van der Waals surface area contributed by atoms with Gasteiger partial charge in [-0.15, -0.1) is 0 Å². The second-order valence-corrected chi connectivity index (χ2v) is 7.81. The second kappa shape index (κ2) is 10.9. The number of carbonyl (C=O) groups is 2. The van der Waals surface area contributed by atoms with E-state index < -0.39 is 6.10 Å². The molecule has 1 unspecified atom stereocenters. The first-order chi connectivity index (χ1) is 15.0. The molecule has 1 amide bonds. The quantitative estimate of drug-likeness (QED) is 0.629. The van der Waals surface area contributed by atoms with Crippen LogP contribution in [0.1, 0.15) is 39.1 Å². The minimum atomic E-state index is -0.530. The van der Waals surface area contributed by atoms with E-state index in [4.69, 9.17) is 4.74 Å². The summed E-state index contributed by atoms with van der Waals surface area (Å²) in [6.07, 6.45) is 3.73. The molecular formula is C25H30N2O4. The molecule has 1 heterocycles. The molecule has 1 atom stereocenters. The average Bonchev–Trinajstić information content (AvgIpc) is 2.82. The van der Waals surface area contributed by atoms with Gasteiger partial charge >= 0.3 is 0 Å². The van der Waals surface area contributed by atoms with Crippen LogP contribution in [0, 0.1) is 0 Å². The molecule has 0 saturated carbocycles. The van der Waals surface area contributed by atoms with E-state index in [1.165, 1.54) is 5.57 Å². The second-order valence-electron chi connectivity index (χ2n) is 7.81. The number of amides is 1. The summed E-state index contributed by atoms with van der Waals surface area (Å²) in [7, 11) is 3.38. The van der Waals surface area contributed by atoms with Crippen molar-refractivity contribution < 1.29 is 19.4 Å². The lowest BCUT2D eigenvalue weighted by molar-refractivity contribution is 0.0722. The topological polar surface area (TPSA) is 70.1 Å². The molecular weight excluding hydrogens is 392 g/mol. The summed E-state index contributed by atoms with van der Waals surface area (Å²) < 4.78 is 5.46. The molecule has 0 bridgehead atoms. The zero-order valence-corrected chi connectivity index (χ0v) is 18.2. The van der Waals surface area contributed by atoms with Crippen LogP contribution in [0.2, 0.25) is 0 Å². The van der Waals surface area contributed by atoms with Crippen molar-refractivity contribution in [2.24, 2.45) is 0 Å². The van der Waals surface area contributed by atoms with E-state index in [1.54, 1.807) is 43.3 Å². The zero-order chi connectivity index (χ0) is 22.2. The van der Waals surface area contributed by atoms with E-state index >= 15 is 0 Å². The molecule has 2 aromatic rings. The van der Waals surface area contributed by atoms with Crippen LogP contribution in [0.15, 0.2) is 54.6 Å². The number of β-amino-alcohol motifs (C(OH)–C–C–N with tert-alkyl or cyclic N) is 1. The van der Waals surface area contributed by atoms with Crippen molar-refractivity contribution in [3.8, 4) is 5.75 Å². The first-order valence-electron chi connectivity index (χ1n) is 10.6. The van der Waals surface area contributed by atoms with Crippen molar-refractivity contribution in [1.29, 1.82) is 0 Å². The molecule has 1 aliphatic rings. The summed E-state index contributed by atoms with van der Waals surface area (Å²) in [6, 6.07) is 14.8. The number of hydrogen-bond donors (Lipinski definition) is 1. The number of rotatable bonds is 9. The van der Waals surface area contributed by atoms with Crippen LogP contribution in [0.25, 0.3) is 5.57 Å². The van der Waals surface area contributed by atoms with Crippen LogP contribution >= 0.6 is 0 Å². The van der Waals surface area contributed by atoms with Crippen molar-refractivity contribution in [1.82, 2.24) is 9.80 Å². The van der Waals surface area contributed by atoms with Crippen LogP contribution in [0.3, 0.4) is 0 Å². The van der Waals surface area contributed by atoms with Crippen molar-refractivity contribution in [2.45, 2.75) is 18.9 Å². The highest BCUT2D eigenvalue weighted by molar-refractivity contribution is 6.01. The number of para-hydroxylation sites is 1. The largest absolute Gasteiger partial charge is 0.496 e. The molecule has 31 heavy (non-hydrogen) atoms. The molecule has 164 valence electrons. The van der Waals surface area contributed by atoms with Crippen molar-refractivity contribution >= 4 is 17.8 Å². The Hall–Kier alpha value is -2.96. The molecule has 3 rings (SSSR count). The highest BCUT2D eigenvalue weighted by Gasteiger charge is 2.20. The van der Waals surface area contributed by atoms with Gasteiger partial charge in [0.15, 0.2) is 6.29 Å². The van der Waals surface area contributed by atoms with E-state index in [2.05, 4.69) is 17.0 Å². The van der Waals surface area contributed by atoms with Crippen LogP contribution in [-0.2, 0) is 0 Å². The van der Waals surface area contributed by atoms with Gasteiger partial charge < -0.3 is 14.7 Å². The predicted octanol–water partition coefficient (Wildman–Crippen LogP) is 3.12. The van der Waals surface area contributed by atoms with E-state index in [0.29, 0.717) is 36.9 Å². The van der Waals surface area contributed by atoms with Gasteiger partial charge in [-0.1, -0.05) is 42.5 Å². The van der Waals surface area contributed by atoms with Gasteiger partial charge in [0.25, 0.3) is 5.91 Å². The van der Waals surface area contributed by atoms with E-state index in [9.17, 15) is 14.7 Å². The third kappa shape index (κ3) is 5.81. The molecule has 0 radical (unpaired) electrons. The molecule has 6 heteroatoms. The number of carbonyl (C=O) groups excluding carboxylic acids is 2. The number of hydrogen-bond acceptors (Lipinski definition) is 5. The molecule has 1 N–H and O–H groups in total. The predicted molar refractivity (Wildman–Crippen MR) is 121 cm³/mol. The molecule has 0 aromatic heterocycles. The van der Waals surface area contributed by atoms with Gasteiger partial charge in [0.1, 0.15) is 5.75 Å². The van der Waals surface area contributed by atoms with Gasteiger partial charge in [0.2, 0.25) is 0 Å². The highest BCUT2D eigenvalue weighted by Crippen LogP contribution is 2.30. The number of ether oxygens (including phenoxy) is 1. The highest BCUT2D eigenvalue weighted by atomic mass is 16.5. The summed E-state index contributed by atoms with van der Waals surface area (Å²) in [5.74, 6) is 0.670. The molecule has 1 aliphatic heterocycles. The number of aliphatic hydroxyl groups is 1. The number of nitrogens with zero attached hydrogens (tertiary/aromatic N) is 2. The molecule has 6 nitrogen and oxygen atoms in total. The van der Waals surface area contributed by atoms with Gasteiger partial charge in [0, 0.05) is 44.4 Å². The minimum Gasteiger partial charge on any atom is -0.496 e. The number of benzene rings is 2. The Labute approximate surface area is 183 Å². The summed E-state index contributed by atoms with van der Waals surface area (Å²) in [6.45, 7) is 2.61. The van der Waals surface area contributed by atoms with Gasteiger partial charge in [-0.2, -0.15) is 0 Å². The lowest BCUT2D eigenvalue weighted by Gasteiger charge is -2.29. The Bertz CT molecular complexity index is 941. The van der Waals surface area contributed by atoms with E-state index in [-0.39, 0.29) is 5.91 Å².